The van der Waals surface area contributed by atoms with Gasteiger partial charge in [0.1, 0.15) is 5.72 Å². The van der Waals surface area contributed by atoms with Gasteiger partial charge in [0.2, 0.25) is 5.91 Å². The van der Waals surface area contributed by atoms with Crippen molar-refractivity contribution in [2.24, 2.45) is 5.92 Å². The molecular weight excluding hydrogens is 238 g/mol. The van der Waals surface area contributed by atoms with Gasteiger partial charge in [-0.15, -0.1) is 0 Å². The number of rotatable bonds is 3. The van der Waals surface area contributed by atoms with Crippen LogP contribution >= 0.6 is 0 Å². The van der Waals surface area contributed by atoms with Crippen LogP contribution in [0.5, 0.6) is 0 Å². The minimum absolute atomic E-state index is 0.0300. The fourth-order valence-electron chi connectivity index (χ4n) is 2.64. The van der Waals surface area contributed by atoms with Crippen LogP contribution in [0.2, 0.25) is 0 Å². The van der Waals surface area contributed by atoms with Crippen LogP contribution in [0.25, 0.3) is 0 Å². The smallest absolute Gasteiger partial charge is 0.225 e. The van der Waals surface area contributed by atoms with Gasteiger partial charge in [0.05, 0.1) is 12.6 Å². The molecule has 1 aromatic rings. The zero-order chi connectivity index (χ0) is 14.0. The summed E-state index contributed by atoms with van der Waals surface area (Å²) in [5, 5.41) is 0. The number of hydrogen-bond acceptors (Lipinski definition) is 2. The Kier molecular flexibility index (Phi) is 3.95. The average molecular weight is 261 g/mol. The summed E-state index contributed by atoms with van der Waals surface area (Å²) in [6.45, 7) is 8.64. The number of ether oxygens (including phenoxy) is 1. The van der Waals surface area contributed by atoms with Crippen molar-refractivity contribution < 1.29 is 9.53 Å². The van der Waals surface area contributed by atoms with E-state index >= 15 is 0 Å². The fourth-order valence-corrected chi connectivity index (χ4v) is 2.64. The number of nitrogens with zero attached hydrogens (tertiary/aromatic N) is 1. The number of carbonyl (C=O) groups is 1. The third-order valence-corrected chi connectivity index (χ3v) is 3.52. The van der Waals surface area contributed by atoms with Crippen molar-refractivity contribution in [3.63, 3.8) is 0 Å². The van der Waals surface area contributed by atoms with Crippen molar-refractivity contribution >= 4 is 5.91 Å². The molecule has 0 N–H and O–H groups in total. The van der Waals surface area contributed by atoms with E-state index in [0.29, 0.717) is 18.9 Å². The molecule has 1 aromatic carbocycles. The second-order valence-electron chi connectivity index (χ2n) is 6.05. The Morgan fingerprint density at radius 1 is 1.37 bits per heavy atom. The van der Waals surface area contributed by atoms with Crippen LogP contribution in [0.4, 0.5) is 0 Å². The summed E-state index contributed by atoms with van der Waals surface area (Å²) >= 11 is 0. The van der Waals surface area contributed by atoms with Gasteiger partial charge < -0.3 is 9.64 Å². The highest BCUT2D eigenvalue weighted by Crippen LogP contribution is 2.37. The maximum Gasteiger partial charge on any atom is 0.225 e. The van der Waals surface area contributed by atoms with Gasteiger partial charge in [-0.25, -0.2) is 0 Å². The third-order valence-electron chi connectivity index (χ3n) is 3.52. The topological polar surface area (TPSA) is 29.5 Å². The van der Waals surface area contributed by atoms with E-state index in [9.17, 15) is 4.79 Å². The van der Waals surface area contributed by atoms with Crippen molar-refractivity contribution in [3.8, 4) is 0 Å². The highest BCUT2D eigenvalue weighted by molar-refractivity contribution is 5.78. The normalized spacial score (nSPS) is 21.9. The fraction of sp³-hybridized carbons (Fsp3) is 0.562. The van der Waals surface area contributed by atoms with Crippen LogP contribution in [0.3, 0.4) is 0 Å². The molecule has 1 atom stereocenters. The van der Waals surface area contributed by atoms with E-state index in [1.54, 1.807) is 0 Å². The van der Waals surface area contributed by atoms with Crippen LogP contribution in [0, 0.1) is 5.92 Å². The number of carbonyl (C=O) groups excluding carboxylic acids is 1. The summed E-state index contributed by atoms with van der Waals surface area (Å²) in [5.74, 6) is 0.534. The van der Waals surface area contributed by atoms with Gasteiger partial charge in [-0.05, 0) is 25.3 Å². The van der Waals surface area contributed by atoms with E-state index in [4.69, 9.17) is 4.74 Å². The summed E-state index contributed by atoms with van der Waals surface area (Å²) in [5.41, 5.74) is 0.622. The lowest BCUT2D eigenvalue weighted by molar-refractivity contribution is -0.147. The summed E-state index contributed by atoms with van der Waals surface area (Å²) in [4.78, 5) is 14.4. The second-order valence-corrected chi connectivity index (χ2v) is 6.05. The Labute approximate surface area is 115 Å². The Morgan fingerprint density at radius 3 is 2.58 bits per heavy atom. The zero-order valence-corrected chi connectivity index (χ0v) is 12.2. The van der Waals surface area contributed by atoms with Crippen molar-refractivity contribution in [2.75, 3.05) is 6.61 Å². The van der Waals surface area contributed by atoms with Crippen molar-refractivity contribution in [1.82, 2.24) is 4.90 Å². The molecule has 1 saturated heterocycles. The molecule has 1 aliphatic rings. The molecule has 0 aromatic heterocycles. The molecule has 0 unspecified atom stereocenters. The van der Waals surface area contributed by atoms with E-state index in [1.165, 1.54) is 0 Å². The molecule has 1 aliphatic heterocycles. The second kappa shape index (κ2) is 5.33. The Morgan fingerprint density at radius 2 is 2.00 bits per heavy atom. The van der Waals surface area contributed by atoms with Gasteiger partial charge in [-0.2, -0.15) is 0 Å². The summed E-state index contributed by atoms with van der Waals surface area (Å²) in [6.07, 6.45) is 0.566. The van der Waals surface area contributed by atoms with Crippen LogP contribution in [0.1, 0.15) is 45.7 Å². The molecule has 104 valence electrons. The molecule has 1 heterocycles. The van der Waals surface area contributed by atoms with Gasteiger partial charge >= 0.3 is 0 Å². The molecule has 3 nitrogen and oxygen atoms in total. The van der Waals surface area contributed by atoms with Crippen molar-refractivity contribution in [2.45, 2.75) is 45.9 Å². The maximum absolute atomic E-state index is 12.5. The molecule has 0 saturated carbocycles. The quantitative estimate of drug-likeness (QED) is 0.835. The molecule has 3 heteroatoms. The monoisotopic (exact) mass is 261 g/mol. The minimum Gasteiger partial charge on any atom is -0.354 e. The number of benzene rings is 1. The molecule has 19 heavy (non-hydrogen) atoms. The third kappa shape index (κ3) is 2.98. The largest absolute Gasteiger partial charge is 0.354 e. The van der Waals surface area contributed by atoms with Crippen LogP contribution in [0.15, 0.2) is 30.3 Å². The van der Waals surface area contributed by atoms with E-state index in [1.807, 2.05) is 36.9 Å². The van der Waals surface area contributed by atoms with Crippen molar-refractivity contribution in [3.05, 3.63) is 35.9 Å². The summed E-state index contributed by atoms with van der Waals surface area (Å²) in [6, 6.07) is 10.2. The first-order chi connectivity index (χ1) is 8.92. The highest BCUT2D eigenvalue weighted by atomic mass is 16.5. The minimum atomic E-state index is -0.521. The lowest BCUT2D eigenvalue weighted by Crippen LogP contribution is -2.45. The summed E-state index contributed by atoms with van der Waals surface area (Å²) < 4.78 is 5.83. The molecule has 0 bridgehead atoms. The Balaban J connectivity index is 2.26. The first-order valence-corrected chi connectivity index (χ1v) is 6.93. The van der Waals surface area contributed by atoms with E-state index in [0.717, 1.165) is 5.56 Å². The Hall–Kier alpha value is -1.35. The van der Waals surface area contributed by atoms with Crippen LogP contribution in [-0.2, 0) is 9.53 Å². The highest BCUT2D eigenvalue weighted by Gasteiger charge is 2.43. The lowest BCUT2D eigenvalue weighted by Gasteiger charge is -2.34. The summed E-state index contributed by atoms with van der Waals surface area (Å²) in [7, 11) is 0. The molecule has 2 rings (SSSR count). The molecular formula is C16H23NO2. The SMILES string of the molecule is CC(C)CC(=O)N1[C@H](c2ccccc2)COC1(C)C. The van der Waals surface area contributed by atoms with Crippen LogP contribution in [-0.4, -0.2) is 23.1 Å². The number of amides is 1. The van der Waals surface area contributed by atoms with E-state index in [2.05, 4.69) is 26.0 Å². The predicted molar refractivity (Wildman–Crippen MR) is 75.5 cm³/mol. The standard InChI is InChI=1S/C16H23NO2/c1-12(2)10-15(18)17-14(11-19-16(17,3)4)13-8-6-5-7-9-13/h5-9,12,14H,10-11H2,1-4H3/t14-/m0/s1. The predicted octanol–water partition coefficient (Wildman–Crippen LogP) is 3.37. The maximum atomic E-state index is 12.5. The van der Waals surface area contributed by atoms with Crippen LogP contribution < -0.4 is 0 Å². The molecule has 1 fully saturated rings. The van der Waals surface area contributed by atoms with Crippen molar-refractivity contribution in [1.29, 1.82) is 0 Å². The first-order valence-electron chi connectivity index (χ1n) is 6.93. The lowest BCUT2D eigenvalue weighted by atomic mass is 10.0. The van der Waals surface area contributed by atoms with Gasteiger partial charge in [0.25, 0.3) is 0 Å². The Bertz CT molecular complexity index is 439. The molecule has 0 radical (unpaired) electrons. The zero-order valence-electron chi connectivity index (χ0n) is 12.2. The van der Waals surface area contributed by atoms with Gasteiger partial charge in [-0.1, -0.05) is 44.2 Å². The van der Waals surface area contributed by atoms with Gasteiger partial charge in [-0.3, -0.25) is 4.79 Å². The van der Waals surface area contributed by atoms with E-state index in [-0.39, 0.29) is 11.9 Å². The average Bonchev–Trinajstić information content (AvgIpc) is 2.65. The van der Waals surface area contributed by atoms with Gasteiger partial charge in [0, 0.05) is 6.42 Å². The molecule has 0 aliphatic carbocycles. The van der Waals surface area contributed by atoms with E-state index < -0.39 is 5.72 Å². The molecule has 0 spiro atoms. The van der Waals surface area contributed by atoms with Gasteiger partial charge in [0.15, 0.2) is 0 Å². The first kappa shape index (κ1) is 14.1. The number of hydrogen-bond donors (Lipinski definition) is 0. The molecule has 1 amide bonds.